The monoisotopic (exact) mass is 311 g/mol. The minimum Gasteiger partial charge on any atom is -0.393 e. The van der Waals surface area contributed by atoms with E-state index in [1.807, 2.05) is 0 Å². The van der Waals surface area contributed by atoms with Gasteiger partial charge in [-0.1, -0.05) is 0 Å². The lowest BCUT2D eigenvalue weighted by molar-refractivity contribution is 0.178. The van der Waals surface area contributed by atoms with E-state index in [2.05, 4.69) is 4.72 Å². The maximum Gasteiger partial charge on any atom is 0.214 e. The Labute approximate surface area is 114 Å². The van der Waals surface area contributed by atoms with Gasteiger partial charge in [-0.15, -0.1) is 0 Å². The summed E-state index contributed by atoms with van der Waals surface area (Å²) in [4.78, 5) is 0. The predicted molar refractivity (Wildman–Crippen MR) is 71.9 cm³/mol. The van der Waals surface area contributed by atoms with Gasteiger partial charge in [-0.25, -0.2) is 21.6 Å². The number of aliphatic hydroxyl groups is 1. The van der Waals surface area contributed by atoms with Crippen LogP contribution in [0.4, 0.5) is 0 Å². The second-order valence-electron chi connectivity index (χ2n) is 5.58. The Morgan fingerprint density at radius 1 is 1.11 bits per heavy atom. The third-order valence-electron chi connectivity index (χ3n) is 4.03. The molecule has 1 saturated heterocycles. The highest BCUT2D eigenvalue weighted by Gasteiger charge is 2.33. The van der Waals surface area contributed by atoms with E-state index in [9.17, 15) is 21.9 Å². The summed E-state index contributed by atoms with van der Waals surface area (Å²) in [5.74, 6) is 0.110. The number of aliphatic hydroxyl groups excluding tert-OH is 1. The fourth-order valence-electron chi connectivity index (χ4n) is 2.76. The van der Waals surface area contributed by atoms with Crippen LogP contribution in [0.3, 0.4) is 0 Å². The number of hydrogen-bond donors (Lipinski definition) is 2. The van der Waals surface area contributed by atoms with Gasteiger partial charge in [0, 0.05) is 6.54 Å². The molecule has 0 spiro atoms. The van der Waals surface area contributed by atoms with Crippen LogP contribution in [0.15, 0.2) is 0 Å². The van der Waals surface area contributed by atoms with Gasteiger partial charge in [0.2, 0.25) is 10.0 Å². The zero-order valence-electron chi connectivity index (χ0n) is 10.8. The van der Waals surface area contributed by atoms with Crippen molar-refractivity contribution in [1.29, 1.82) is 0 Å². The van der Waals surface area contributed by atoms with Crippen molar-refractivity contribution in [3.63, 3.8) is 0 Å². The number of sulfonamides is 1. The van der Waals surface area contributed by atoms with Crippen LogP contribution in [0.2, 0.25) is 0 Å². The minimum absolute atomic E-state index is 0.0410. The minimum atomic E-state index is -3.43. The van der Waals surface area contributed by atoms with Crippen LogP contribution in [0, 0.1) is 5.92 Å². The standard InChI is InChI=1S/C11H21NO5S2/c13-10-2-1-9(7-10)8-12-19(16,17)11-3-5-18(14,15)6-4-11/h9-13H,1-8H2. The smallest absolute Gasteiger partial charge is 0.214 e. The van der Waals surface area contributed by atoms with E-state index in [0.717, 1.165) is 12.8 Å². The Balaban J connectivity index is 1.85. The Morgan fingerprint density at radius 3 is 2.26 bits per heavy atom. The first-order valence-electron chi connectivity index (χ1n) is 6.65. The number of nitrogens with one attached hydrogen (secondary N) is 1. The number of hydrogen-bond acceptors (Lipinski definition) is 5. The van der Waals surface area contributed by atoms with Gasteiger partial charge in [0.05, 0.1) is 22.9 Å². The second kappa shape index (κ2) is 5.67. The summed E-state index contributed by atoms with van der Waals surface area (Å²) in [5.41, 5.74) is 0. The zero-order valence-corrected chi connectivity index (χ0v) is 12.4. The fraction of sp³-hybridized carbons (Fsp3) is 1.00. The van der Waals surface area contributed by atoms with Gasteiger partial charge in [0.25, 0.3) is 0 Å². The lowest BCUT2D eigenvalue weighted by Gasteiger charge is -2.23. The predicted octanol–water partition coefficient (Wildman–Crippen LogP) is -0.356. The van der Waals surface area contributed by atoms with E-state index >= 15 is 0 Å². The highest BCUT2D eigenvalue weighted by atomic mass is 32.2. The highest BCUT2D eigenvalue weighted by Crippen LogP contribution is 2.25. The molecular formula is C11H21NO5S2. The van der Waals surface area contributed by atoms with Crippen LogP contribution in [0.5, 0.6) is 0 Å². The van der Waals surface area contributed by atoms with Crippen LogP contribution in [-0.4, -0.2) is 51.3 Å². The van der Waals surface area contributed by atoms with Gasteiger partial charge in [-0.2, -0.15) is 0 Å². The summed E-state index contributed by atoms with van der Waals surface area (Å²) < 4.78 is 49.3. The summed E-state index contributed by atoms with van der Waals surface area (Å²) >= 11 is 0. The third-order valence-corrected chi connectivity index (χ3v) is 7.66. The van der Waals surface area contributed by atoms with Crippen molar-refractivity contribution in [2.45, 2.75) is 43.5 Å². The molecule has 0 amide bonds. The van der Waals surface area contributed by atoms with Crippen molar-refractivity contribution < 1.29 is 21.9 Å². The van der Waals surface area contributed by atoms with Crippen molar-refractivity contribution in [3.8, 4) is 0 Å². The summed E-state index contributed by atoms with van der Waals surface area (Å²) in [5, 5.41) is 8.80. The maximum absolute atomic E-state index is 12.1. The van der Waals surface area contributed by atoms with Crippen molar-refractivity contribution in [2.75, 3.05) is 18.1 Å². The van der Waals surface area contributed by atoms with Gasteiger partial charge in [0.15, 0.2) is 0 Å². The first-order chi connectivity index (χ1) is 8.78. The first kappa shape index (κ1) is 15.2. The molecule has 19 heavy (non-hydrogen) atoms. The normalized spacial score (nSPS) is 32.5. The maximum atomic E-state index is 12.1. The molecule has 8 heteroatoms. The van der Waals surface area contributed by atoms with Crippen molar-refractivity contribution in [3.05, 3.63) is 0 Å². The van der Waals surface area contributed by atoms with E-state index in [1.165, 1.54) is 0 Å². The summed E-state index contributed by atoms with van der Waals surface area (Å²) in [6, 6.07) is 0. The average molecular weight is 311 g/mol. The average Bonchev–Trinajstić information content (AvgIpc) is 2.72. The van der Waals surface area contributed by atoms with Gasteiger partial charge < -0.3 is 5.11 Å². The van der Waals surface area contributed by atoms with E-state index in [0.29, 0.717) is 13.0 Å². The number of rotatable bonds is 4. The summed E-state index contributed by atoms with van der Waals surface area (Å²) in [6.07, 6.45) is 2.27. The molecule has 0 bridgehead atoms. The lowest BCUT2D eigenvalue weighted by atomic mass is 10.1. The highest BCUT2D eigenvalue weighted by molar-refractivity contribution is 7.92. The van der Waals surface area contributed by atoms with Crippen molar-refractivity contribution in [2.24, 2.45) is 5.92 Å². The molecule has 1 aliphatic heterocycles. The van der Waals surface area contributed by atoms with Gasteiger partial charge >= 0.3 is 0 Å². The molecule has 2 rings (SSSR count). The molecule has 2 N–H and O–H groups in total. The topological polar surface area (TPSA) is 101 Å². The third kappa shape index (κ3) is 4.14. The molecule has 6 nitrogen and oxygen atoms in total. The molecule has 0 aromatic rings. The van der Waals surface area contributed by atoms with Crippen LogP contribution in [-0.2, 0) is 19.9 Å². The Kier molecular flexibility index (Phi) is 4.54. The fourth-order valence-corrected chi connectivity index (χ4v) is 6.11. The van der Waals surface area contributed by atoms with Crippen LogP contribution in [0.1, 0.15) is 32.1 Å². The van der Waals surface area contributed by atoms with Gasteiger partial charge in [0.1, 0.15) is 9.84 Å². The Morgan fingerprint density at radius 2 is 1.74 bits per heavy atom. The van der Waals surface area contributed by atoms with E-state index in [1.54, 1.807) is 0 Å². The Hall–Kier alpha value is -0.180. The van der Waals surface area contributed by atoms with Crippen molar-refractivity contribution in [1.82, 2.24) is 4.72 Å². The zero-order chi connectivity index (χ0) is 14.1. The molecule has 1 heterocycles. The molecule has 2 unspecified atom stereocenters. The molecular weight excluding hydrogens is 290 g/mol. The summed E-state index contributed by atoms with van der Waals surface area (Å²) in [7, 11) is -6.47. The quantitative estimate of drug-likeness (QED) is 0.739. The van der Waals surface area contributed by atoms with E-state index in [-0.39, 0.29) is 36.4 Å². The van der Waals surface area contributed by atoms with Gasteiger partial charge in [-0.3, -0.25) is 0 Å². The van der Waals surface area contributed by atoms with Crippen LogP contribution < -0.4 is 4.72 Å². The molecule has 0 aromatic carbocycles. The molecule has 2 fully saturated rings. The molecule has 0 radical (unpaired) electrons. The van der Waals surface area contributed by atoms with Gasteiger partial charge in [-0.05, 0) is 38.0 Å². The van der Waals surface area contributed by atoms with Crippen molar-refractivity contribution >= 4 is 19.9 Å². The molecule has 0 aromatic heterocycles. The summed E-state index contributed by atoms with van der Waals surface area (Å²) in [6.45, 7) is 0.350. The number of sulfone groups is 1. The molecule has 112 valence electrons. The second-order valence-corrected chi connectivity index (χ2v) is 9.93. The van der Waals surface area contributed by atoms with Crippen LogP contribution in [0.25, 0.3) is 0 Å². The SMILES string of the molecule is O=S1(=O)CCC(S(=O)(=O)NCC2CCC(O)C2)CC1. The molecule has 2 aliphatic rings. The van der Waals surface area contributed by atoms with Crippen LogP contribution >= 0.6 is 0 Å². The Bertz CT molecular complexity index is 499. The lowest BCUT2D eigenvalue weighted by Crippen LogP contribution is -2.41. The van der Waals surface area contributed by atoms with E-state index in [4.69, 9.17) is 0 Å². The van der Waals surface area contributed by atoms with E-state index < -0.39 is 25.1 Å². The molecule has 1 saturated carbocycles. The molecule has 1 aliphatic carbocycles. The largest absolute Gasteiger partial charge is 0.393 e. The molecule has 2 atom stereocenters. The first-order valence-corrected chi connectivity index (χ1v) is 10.0.